The summed E-state index contributed by atoms with van der Waals surface area (Å²) in [5.74, 6) is 1.49. The van der Waals surface area contributed by atoms with Crippen molar-refractivity contribution in [1.82, 2.24) is 5.32 Å². The number of nitrogens with one attached hydrogen (secondary N) is 1. The average molecular weight is 288 g/mol. The summed E-state index contributed by atoms with van der Waals surface area (Å²) in [5.41, 5.74) is 0. The molecule has 0 amide bonds. The van der Waals surface area contributed by atoms with Gasteiger partial charge in [-0.2, -0.15) is 0 Å². The summed E-state index contributed by atoms with van der Waals surface area (Å²) in [6.07, 6.45) is 5.84. The Kier molecular flexibility index (Phi) is 7.60. The number of hydrogen-bond acceptors (Lipinski definition) is 2. The highest BCUT2D eigenvalue weighted by Gasteiger charge is 2.36. The Bertz CT molecular complexity index is 280. The predicted molar refractivity (Wildman–Crippen MR) is 85.9 cm³/mol. The first-order chi connectivity index (χ1) is 9.01. The zero-order valence-corrected chi connectivity index (χ0v) is 14.3. The molecular formula is C16H33NOS. The smallest absolute Gasteiger partial charge is 0.0506 e. The molecule has 1 saturated carbocycles. The van der Waals surface area contributed by atoms with E-state index in [-0.39, 0.29) is 0 Å². The van der Waals surface area contributed by atoms with E-state index in [9.17, 15) is 4.21 Å². The number of rotatable bonds is 7. The Morgan fingerprint density at radius 1 is 1.21 bits per heavy atom. The van der Waals surface area contributed by atoms with Crippen LogP contribution >= 0.6 is 0 Å². The van der Waals surface area contributed by atoms with E-state index < -0.39 is 10.8 Å². The molecule has 1 N–H and O–H groups in total. The highest BCUT2D eigenvalue weighted by atomic mass is 32.2. The Labute approximate surface area is 122 Å². The van der Waals surface area contributed by atoms with Gasteiger partial charge in [-0.05, 0) is 50.5 Å². The van der Waals surface area contributed by atoms with Gasteiger partial charge in [0.1, 0.15) is 0 Å². The zero-order chi connectivity index (χ0) is 14.4. The molecule has 0 bridgehead atoms. The molecule has 1 aliphatic carbocycles. The molecule has 1 rings (SSSR count). The van der Waals surface area contributed by atoms with Gasteiger partial charge in [0.2, 0.25) is 0 Å². The van der Waals surface area contributed by atoms with E-state index in [0.717, 1.165) is 37.6 Å². The molecule has 0 spiro atoms. The molecular weight excluding hydrogens is 254 g/mol. The molecule has 2 nitrogen and oxygen atoms in total. The molecule has 0 aromatic carbocycles. The molecule has 0 saturated heterocycles. The quantitative estimate of drug-likeness (QED) is 0.773. The first-order valence-corrected chi connectivity index (χ1v) is 9.41. The van der Waals surface area contributed by atoms with Crippen LogP contribution in [0.3, 0.4) is 0 Å². The lowest BCUT2D eigenvalue weighted by Gasteiger charge is -2.38. The third-order valence-corrected chi connectivity index (χ3v) is 6.95. The Hall–Kier alpha value is 0.110. The molecule has 0 aliphatic heterocycles. The maximum Gasteiger partial charge on any atom is 0.0506 e. The van der Waals surface area contributed by atoms with Gasteiger partial charge in [-0.15, -0.1) is 0 Å². The minimum Gasteiger partial charge on any atom is -0.313 e. The Morgan fingerprint density at radius 3 is 2.42 bits per heavy atom. The monoisotopic (exact) mass is 287 g/mol. The predicted octanol–water partition coefficient (Wildman–Crippen LogP) is 3.73. The molecule has 19 heavy (non-hydrogen) atoms. The summed E-state index contributed by atoms with van der Waals surface area (Å²) >= 11 is 0. The third-order valence-electron chi connectivity index (χ3n) is 4.70. The third kappa shape index (κ3) is 4.86. The minimum absolute atomic E-state index is 0.335. The van der Waals surface area contributed by atoms with Gasteiger partial charge in [0.25, 0.3) is 0 Å². The standard InChI is InChI=1S/C16H33NOS/c1-6-10-17-15-9-8-14(12(3)4)11-16(15)19(18)13(5)7-2/h12-17H,6-11H2,1-5H3. The average Bonchev–Trinajstić information content (AvgIpc) is 2.43. The van der Waals surface area contributed by atoms with E-state index in [4.69, 9.17) is 0 Å². The van der Waals surface area contributed by atoms with Gasteiger partial charge in [0.15, 0.2) is 0 Å². The zero-order valence-electron chi connectivity index (χ0n) is 13.4. The van der Waals surface area contributed by atoms with Crippen molar-refractivity contribution >= 4 is 10.8 Å². The van der Waals surface area contributed by atoms with Crippen LogP contribution < -0.4 is 5.32 Å². The van der Waals surface area contributed by atoms with Crippen molar-refractivity contribution in [1.29, 1.82) is 0 Å². The Morgan fingerprint density at radius 2 is 1.89 bits per heavy atom. The summed E-state index contributed by atoms with van der Waals surface area (Å²) < 4.78 is 12.7. The molecule has 114 valence electrons. The van der Waals surface area contributed by atoms with Crippen LogP contribution in [-0.2, 0) is 10.8 Å². The molecule has 0 aromatic rings. The van der Waals surface area contributed by atoms with E-state index in [1.165, 1.54) is 12.8 Å². The van der Waals surface area contributed by atoms with E-state index in [1.807, 2.05) is 0 Å². The molecule has 0 radical (unpaired) electrons. The van der Waals surface area contributed by atoms with Gasteiger partial charge in [0.05, 0.1) is 5.25 Å². The van der Waals surface area contributed by atoms with Crippen molar-refractivity contribution in [3.05, 3.63) is 0 Å². The van der Waals surface area contributed by atoms with Crippen molar-refractivity contribution < 1.29 is 4.21 Å². The fourth-order valence-electron chi connectivity index (χ4n) is 3.05. The lowest BCUT2D eigenvalue weighted by Crippen LogP contribution is -2.48. The highest BCUT2D eigenvalue weighted by molar-refractivity contribution is 7.86. The molecule has 1 fully saturated rings. The van der Waals surface area contributed by atoms with Crippen LogP contribution in [0.4, 0.5) is 0 Å². The largest absolute Gasteiger partial charge is 0.313 e. The van der Waals surface area contributed by atoms with Crippen molar-refractivity contribution in [2.45, 2.75) is 83.3 Å². The van der Waals surface area contributed by atoms with Crippen LogP contribution in [0.2, 0.25) is 0 Å². The lowest BCUT2D eigenvalue weighted by molar-refractivity contribution is 0.243. The van der Waals surface area contributed by atoms with Crippen molar-refractivity contribution in [2.24, 2.45) is 11.8 Å². The van der Waals surface area contributed by atoms with E-state index in [2.05, 4.69) is 39.9 Å². The van der Waals surface area contributed by atoms with Crippen LogP contribution in [-0.4, -0.2) is 27.3 Å². The SMILES string of the molecule is CCCNC1CCC(C(C)C)CC1S(=O)C(C)CC. The van der Waals surface area contributed by atoms with E-state index in [0.29, 0.717) is 16.5 Å². The lowest BCUT2D eigenvalue weighted by atomic mass is 9.79. The van der Waals surface area contributed by atoms with Crippen molar-refractivity contribution in [2.75, 3.05) is 6.54 Å². The molecule has 0 aromatic heterocycles. The fraction of sp³-hybridized carbons (Fsp3) is 1.00. The van der Waals surface area contributed by atoms with Crippen LogP contribution in [0.15, 0.2) is 0 Å². The van der Waals surface area contributed by atoms with Gasteiger partial charge >= 0.3 is 0 Å². The van der Waals surface area contributed by atoms with E-state index >= 15 is 0 Å². The molecule has 5 atom stereocenters. The highest BCUT2D eigenvalue weighted by Crippen LogP contribution is 2.34. The minimum atomic E-state index is -0.685. The first-order valence-electron chi connectivity index (χ1n) is 8.13. The van der Waals surface area contributed by atoms with Crippen molar-refractivity contribution in [3.8, 4) is 0 Å². The topological polar surface area (TPSA) is 29.1 Å². The second-order valence-corrected chi connectivity index (χ2v) is 8.53. The summed E-state index contributed by atoms with van der Waals surface area (Å²) in [6, 6.07) is 0.477. The van der Waals surface area contributed by atoms with Crippen molar-refractivity contribution in [3.63, 3.8) is 0 Å². The van der Waals surface area contributed by atoms with Crippen LogP contribution in [0.5, 0.6) is 0 Å². The molecule has 1 aliphatic rings. The van der Waals surface area contributed by atoms with Gasteiger partial charge in [-0.3, -0.25) is 4.21 Å². The summed E-state index contributed by atoms with van der Waals surface area (Å²) in [6.45, 7) is 12.2. The van der Waals surface area contributed by atoms with Gasteiger partial charge in [-0.25, -0.2) is 0 Å². The molecule has 5 unspecified atom stereocenters. The molecule has 0 heterocycles. The van der Waals surface area contributed by atoms with E-state index in [1.54, 1.807) is 0 Å². The van der Waals surface area contributed by atoms with Gasteiger partial charge in [0, 0.05) is 22.1 Å². The second kappa shape index (κ2) is 8.41. The maximum absolute atomic E-state index is 12.7. The summed E-state index contributed by atoms with van der Waals surface area (Å²) in [7, 11) is -0.685. The second-order valence-electron chi connectivity index (χ2n) is 6.46. The number of hydrogen-bond donors (Lipinski definition) is 1. The Balaban J connectivity index is 2.72. The van der Waals surface area contributed by atoms with Crippen LogP contribution in [0.25, 0.3) is 0 Å². The molecule has 3 heteroatoms. The van der Waals surface area contributed by atoms with Gasteiger partial charge < -0.3 is 5.32 Å². The maximum atomic E-state index is 12.7. The van der Waals surface area contributed by atoms with Crippen LogP contribution in [0, 0.1) is 11.8 Å². The summed E-state index contributed by atoms with van der Waals surface area (Å²) in [4.78, 5) is 0. The fourth-order valence-corrected chi connectivity index (χ4v) is 4.97. The first kappa shape index (κ1) is 17.2. The normalized spacial score (nSPS) is 31.4. The summed E-state index contributed by atoms with van der Waals surface area (Å²) in [5, 5.41) is 4.35. The van der Waals surface area contributed by atoms with Crippen LogP contribution in [0.1, 0.15) is 66.7 Å². The van der Waals surface area contributed by atoms with Gasteiger partial charge in [-0.1, -0.05) is 34.6 Å².